The van der Waals surface area contributed by atoms with Crippen LogP contribution in [0.2, 0.25) is 0 Å². The van der Waals surface area contributed by atoms with E-state index in [0.717, 1.165) is 30.6 Å². The van der Waals surface area contributed by atoms with Crippen LogP contribution in [0.3, 0.4) is 0 Å². The number of hydrogen-bond donors (Lipinski definition) is 1. The summed E-state index contributed by atoms with van der Waals surface area (Å²) >= 11 is 1.56. The highest BCUT2D eigenvalue weighted by Gasteiger charge is 2.35. The molecule has 6 nitrogen and oxygen atoms in total. The zero-order valence-corrected chi connectivity index (χ0v) is 21.0. The molecule has 7 heteroatoms. The molecule has 0 radical (unpaired) electrons. The van der Waals surface area contributed by atoms with Gasteiger partial charge in [-0.15, -0.1) is 11.8 Å². The van der Waals surface area contributed by atoms with E-state index >= 15 is 0 Å². The largest absolute Gasteiger partial charge is 0.495 e. The molecular formula is C29H29N3O3S. The van der Waals surface area contributed by atoms with Crippen LogP contribution in [0.5, 0.6) is 5.75 Å². The van der Waals surface area contributed by atoms with E-state index in [-0.39, 0.29) is 17.2 Å². The lowest BCUT2D eigenvalue weighted by atomic mass is 10.1. The van der Waals surface area contributed by atoms with Crippen molar-refractivity contribution in [2.45, 2.75) is 24.8 Å². The molecule has 1 saturated heterocycles. The molecular weight excluding hydrogens is 470 g/mol. The molecule has 0 bridgehead atoms. The summed E-state index contributed by atoms with van der Waals surface area (Å²) in [6.45, 7) is 1.54. The summed E-state index contributed by atoms with van der Waals surface area (Å²) in [5.74, 6) is 0.969. The number of carbonyl (C=O) groups excluding carboxylic acids is 2. The van der Waals surface area contributed by atoms with Gasteiger partial charge in [0.1, 0.15) is 11.1 Å². The van der Waals surface area contributed by atoms with Gasteiger partial charge in [-0.1, -0.05) is 42.5 Å². The van der Waals surface area contributed by atoms with E-state index < -0.39 is 0 Å². The smallest absolute Gasteiger partial charge is 0.251 e. The number of unbranched alkanes of at least 4 members (excludes halogenated alkanes) is 1. The van der Waals surface area contributed by atoms with Crippen LogP contribution >= 0.6 is 11.8 Å². The molecule has 184 valence electrons. The second-order valence-corrected chi connectivity index (χ2v) is 9.82. The number of thioether (sulfide) groups is 1. The van der Waals surface area contributed by atoms with Gasteiger partial charge in [0.15, 0.2) is 0 Å². The molecule has 0 spiro atoms. The number of aromatic nitrogens is 1. The monoisotopic (exact) mass is 499 g/mol. The first-order valence-electron chi connectivity index (χ1n) is 12.1. The second-order valence-electron chi connectivity index (χ2n) is 8.76. The van der Waals surface area contributed by atoms with Gasteiger partial charge in [-0.25, -0.2) is 0 Å². The van der Waals surface area contributed by atoms with Crippen molar-refractivity contribution in [1.29, 1.82) is 0 Å². The maximum absolute atomic E-state index is 12.9. The van der Waals surface area contributed by atoms with Crippen molar-refractivity contribution in [1.82, 2.24) is 9.88 Å². The molecule has 2 heterocycles. The molecule has 1 unspecified atom stereocenters. The standard InChI is InChI=1S/C29H29N3O3S/c1-35-26-14-5-4-13-25(26)32-27(33)20-36-29(32)23-11-8-10-22(19-23)28(34)30-16-6-7-17-31-18-15-21-9-2-3-12-24(21)31/h2-5,8-15,18-19,29H,6-7,16-17,20H2,1H3,(H,30,34). The molecule has 2 amide bonds. The normalized spacial score (nSPS) is 15.4. The van der Waals surface area contributed by atoms with Crippen molar-refractivity contribution in [2.24, 2.45) is 0 Å². The number of rotatable bonds is 9. The summed E-state index contributed by atoms with van der Waals surface area (Å²) in [6, 6.07) is 25.6. The minimum atomic E-state index is -0.210. The third-order valence-corrected chi connectivity index (χ3v) is 7.65. The lowest BCUT2D eigenvalue weighted by molar-refractivity contribution is -0.115. The highest BCUT2D eigenvalue weighted by Crippen LogP contribution is 2.44. The lowest BCUT2D eigenvalue weighted by Gasteiger charge is -2.26. The van der Waals surface area contributed by atoms with E-state index in [9.17, 15) is 9.59 Å². The molecule has 4 aromatic rings. The molecule has 1 N–H and O–H groups in total. The van der Waals surface area contributed by atoms with Crippen molar-refractivity contribution in [3.05, 3.63) is 96.2 Å². The quantitative estimate of drug-likeness (QED) is 0.303. The summed E-state index contributed by atoms with van der Waals surface area (Å²) in [6.07, 6.45) is 4.00. The number of amides is 2. The van der Waals surface area contributed by atoms with Gasteiger partial charge >= 0.3 is 0 Å². The molecule has 1 fully saturated rings. The maximum atomic E-state index is 12.9. The van der Waals surface area contributed by atoms with Crippen LogP contribution < -0.4 is 15.0 Å². The number of hydrogen-bond acceptors (Lipinski definition) is 4. The Kier molecular flexibility index (Phi) is 7.28. The fourth-order valence-electron chi connectivity index (χ4n) is 4.64. The predicted octanol–water partition coefficient (Wildman–Crippen LogP) is 5.64. The first-order valence-corrected chi connectivity index (χ1v) is 13.2. The van der Waals surface area contributed by atoms with Crippen LogP contribution in [0.15, 0.2) is 85.1 Å². The Balaban J connectivity index is 1.20. The van der Waals surface area contributed by atoms with Crippen molar-refractivity contribution < 1.29 is 14.3 Å². The van der Waals surface area contributed by atoms with Gasteiger partial charge in [0.05, 0.1) is 18.6 Å². The summed E-state index contributed by atoms with van der Waals surface area (Å²) in [7, 11) is 1.60. The van der Waals surface area contributed by atoms with Gasteiger partial charge < -0.3 is 14.6 Å². The average molecular weight is 500 g/mol. The molecule has 3 aromatic carbocycles. The van der Waals surface area contributed by atoms with Crippen LogP contribution in [0.25, 0.3) is 10.9 Å². The number of nitrogens with one attached hydrogen (secondary N) is 1. The van der Waals surface area contributed by atoms with Gasteiger partial charge in [0, 0.05) is 30.4 Å². The lowest BCUT2D eigenvalue weighted by Crippen LogP contribution is -2.28. The Morgan fingerprint density at radius 2 is 1.86 bits per heavy atom. The summed E-state index contributed by atoms with van der Waals surface area (Å²) in [4.78, 5) is 27.4. The fraction of sp³-hybridized carbons (Fsp3) is 0.241. The Hall–Kier alpha value is -3.71. The molecule has 1 aliphatic rings. The van der Waals surface area contributed by atoms with Crippen molar-refractivity contribution in [3.63, 3.8) is 0 Å². The third-order valence-electron chi connectivity index (χ3n) is 6.44. The van der Waals surface area contributed by atoms with E-state index in [4.69, 9.17) is 4.74 Å². The predicted molar refractivity (Wildman–Crippen MR) is 146 cm³/mol. The van der Waals surface area contributed by atoms with Crippen molar-refractivity contribution in [2.75, 3.05) is 24.3 Å². The Morgan fingerprint density at radius 3 is 2.75 bits per heavy atom. The number of ether oxygens (including phenoxy) is 1. The maximum Gasteiger partial charge on any atom is 0.251 e. The highest BCUT2D eigenvalue weighted by molar-refractivity contribution is 8.00. The molecule has 1 aromatic heterocycles. The van der Waals surface area contributed by atoms with Crippen LogP contribution in [0.4, 0.5) is 5.69 Å². The number of methoxy groups -OCH3 is 1. The number of aryl methyl sites for hydroxylation is 1. The topological polar surface area (TPSA) is 63.6 Å². The Labute approximate surface area is 215 Å². The number of carbonyl (C=O) groups is 2. The van der Waals surface area contributed by atoms with Gasteiger partial charge in [-0.05, 0) is 60.2 Å². The molecule has 5 rings (SSSR count). The summed E-state index contributed by atoms with van der Waals surface area (Å²) < 4.78 is 7.75. The number of fused-ring (bicyclic) bond motifs is 1. The Bertz CT molecular complexity index is 1380. The van der Waals surface area contributed by atoms with E-state index in [1.807, 2.05) is 48.5 Å². The van der Waals surface area contributed by atoms with E-state index in [1.165, 1.54) is 10.9 Å². The summed E-state index contributed by atoms with van der Waals surface area (Å²) in [5.41, 5.74) is 3.50. The van der Waals surface area contributed by atoms with Gasteiger partial charge in [-0.2, -0.15) is 0 Å². The van der Waals surface area contributed by atoms with Crippen LogP contribution in [-0.2, 0) is 11.3 Å². The van der Waals surface area contributed by atoms with Gasteiger partial charge in [0.25, 0.3) is 5.91 Å². The highest BCUT2D eigenvalue weighted by atomic mass is 32.2. The molecule has 1 atom stereocenters. The minimum absolute atomic E-state index is 0.0276. The number of benzene rings is 3. The Morgan fingerprint density at radius 1 is 1.03 bits per heavy atom. The number of nitrogens with zero attached hydrogens (tertiary/aromatic N) is 2. The fourth-order valence-corrected chi connectivity index (χ4v) is 5.80. The third kappa shape index (κ3) is 4.97. The summed E-state index contributed by atoms with van der Waals surface area (Å²) in [5, 5.41) is 4.09. The second kappa shape index (κ2) is 10.9. The SMILES string of the molecule is COc1ccccc1N1C(=O)CSC1c1cccc(C(=O)NCCCCn2ccc3ccccc32)c1. The minimum Gasteiger partial charge on any atom is -0.495 e. The molecule has 36 heavy (non-hydrogen) atoms. The van der Waals surface area contributed by atoms with E-state index in [1.54, 1.807) is 23.8 Å². The zero-order valence-electron chi connectivity index (χ0n) is 20.2. The molecule has 0 aliphatic carbocycles. The van der Waals surface area contributed by atoms with Crippen LogP contribution in [0.1, 0.15) is 34.1 Å². The van der Waals surface area contributed by atoms with Crippen LogP contribution in [-0.4, -0.2) is 35.8 Å². The number of para-hydroxylation sites is 3. The molecule has 0 saturated carbocycles. The van der Waals surface area contributed by atoms with Crippen molar-refractivity contribution >= 4 is 40.2 Å². The van der Waals surface area contributed by atoms with Crippen LogP contribution in [0, 0.1) is 0 Å². The van der Waals surface area contributed by atoms with E-state index in [2.05, 4.69) is 46.4 Å². The van der Waals surface area contributed by atoms with Gasteiger partial charge in [0.2, 0.25) is 5.91 Å². The molecule has 1 aliphatic heterocycles. The van der Waals surface area contributed by atoms with Crippen molar-refractivity contribution in [3.8, 4) is 5.75 Å². The zero-order chi connectivity index (χ0) is 24.9. The van der Waals surface area contributed by atoms with Gasteiger partial charge in [-0.3, -0.25) is 14.5 Å². The first-order chi connectivity index (χ1) is 17.7. The first kappa shape index (κ1) is 24.0. The average Bonchev–Trinajstić information content (AvgIpc) is 3.51. The van der Waals surface area contributed by atoms with E-state index in [0.29, 0.717) is 23.6 Å². The number of anilines is 1.